The van der Waals surface area contributed by atoms with E-state index in [9.17, 15) is 4.79 Å². The van der Waals surface area contributed by atoms with Gasteiger partial charge in [0.05, 0.1) is 7.11 Å². The second-order valence-electron chi connectivity index (χ2n) is 4.28. The van der Waals surface area contributed by atoms with E-state index in [0.717, 1.165) is 22.4 Å². The second-order valence-corrected chi connectivity index (χ2v) is 4.28. The standard InChI is InChI=1S/C16H16O3/c1-11-6-4-9-15(16(11)18-3)13-7-5-8-14(10-13)19-12(2)17/h4-10H,1-3H3. The zero-order chi connectivity index (χ0) is 13.8. The molecular formula is C16H16O3. The van der Waals surface area contributed by atoms with Crippen LogP contribution in [0, 0.1) is 6.92 Å². The monoisotopic (exact) mass is 256 g/mol. The molecule has 0 aliphatic rings. The van der Waals surface area contributed by atoms with Gasteiger partial charge in [-0.15, -0.1) is 0 Å². The molecular weight excluding hydrogens is 240 g/mol. The maximum absolute atomic E-state index is 11.0. The summed E-state index contributed by atoms with van der Waals surface area (Å²) in [7, 11) is 1.65. The number of hydrogen-bond acceptors (Lipinski definition) is 3. The van der Waals surface area contributed by atoms with Crippen molar-refractivity contribution in [2.24, 2.45) is 0 Å². The van der Waals surface area contributed by atoms with Crippen LogP contribution in [-0.4, -0.2) is 13.1 Å². The van der Waals surface area contributed by atoms with Crippen molar-refractivity contribution in [2.45, 2.75) is 13.8 Å². The number of carbonyl (C=O) groups is 1. The number of hydrogen-bond donors (Lipinski definition) is 0. The SMILES string of the molecule is COc1c(C)cccc1-c1cccc(OC(C)=O)c1. The van der Waals surface area contributed by atoms with Gasteiger partial charge in [0.2, 0.25) is 0 Å². The normalized spacial score (nSPS) is 10.1. The minimum Gasteiger partial charge on any atom is -0.496 e. The third-order valence-electron chi connectivity index (χ3n) is 2.82. The van der Waals surface area contributed by atoms with Crippen LogP contribution in [-0.2, 0) is 4.79 Å². The second kappa shape index (κ2) is 5.57. The maximum Gasteiger partial charge on any atom is 0.308 e. The van der Waals surface area contributed by atoms with Gasteiger partial charge in [-0.2, -0.15) is 0 Å². The maximum atomic E-state index is 11.0. The summed E-state index contributed by atoms with van der Waals surface area (Å²) < 4.78 is 10.5. The zero-order valence-electron chi connectivity index (χ0n) is 11.3. The lowest BCUT2D eigenvalue weighted by molar-refractivity contribution is -0.131. The van der Waals surface area contributed by atoms with Gasteiger partial charge < -0.3 is 9.47 Å². The van der Waals surface area contributed by atoms with Crippen molar-refractivity contribution in [1.29, 1.82) is 0 Å². The average molecular weight is 256 g/mol. The highest BCUT2D eigenvalue weighted by Gasteiger charge is 2.09. The zero-order valence-corrected chi connectivity index (χ0v) is 11.3. The molecule has 2 aromatic rings. The highest BCUT2D eigenvalue weighted by molar-refractivity contribution is 5.75. The van der Waals surface area contributed by atoms with Crippen LogP contribution in [0.2, 0.25) is 0 Å². The molecule has 0 amide bonds. The van der Waals surface area contributed by atoms with E-state index in [4.69, 9.17) is 9.47 Å². The first kappa shape index (κ1) is 13.1. The summed E-state index contributed by atoms with van der Waals surface area (Å²) in [6.45, 7) is 3.39. The van der Waals surface area contributed by atoms with Crippen LogP contribution in [0.15, 0.2) is 42.5 Å². The molecule has 0 atom stereocenters. The molecule has 0 fully saturated rings. The highest BCUT2D eigenvalue weighted by Crippen LogP contribution is 2.34. The minimum absolute atomic E-state index is 0.326. The Morgan fingerprint density at radius 3 is 2.53 bits per heavy atom. The van der Waals surface area contributed by atoms with E-state index in [2.05, 4.69) is 0 Å². The lowest BCUT2D eigenvalue weighted by Gasteiger charge is -2.12. The topological polar surface area (TPSA) is 35.5 Å². The van der Waals surface area contributed by atoms with Crippen LogP contribution >= 0.6 is 0 Å². The summed E-state index contributed by atoms with van der Waals surface area (Å²) in [5.74, 6) is 1.05. The smallest absolute Gasteiger partial charge is 0.308 e. The van der Waals surface area contributed by atoms with E-state index in [1.807, 2.05) is 43.3 Å². The molecule has 3 nitrogen and oxygen atoms in total. The largest absolute Gasteiger partial charge is 0.496 e. The lowest BCUT2D eigenvalue weighted by Crippen LogP contribution is -2.01. The van der Waals surface area contributed by atoms with Gasteiger partial charge in [-0.3, -0.25) is 4.79 Å². The van der Waals surface area contributed by atoms with Crippen molar-refractivity contribution in [1.82, 2.24) is 0 Å². The molecule has 2 aromatic carbocycles. The first-order valence-corrected chi connectivity index (χ1v) is 6.04. The van der Waals surface area contributed by atoms with Crippen molar-refractivity contribution in [3.05, 3.63) is 48.0 Å². The van der Waals surface area contributed by atoms with Crippen LogP contribution in [0.25, 0.3) is 11.1 Å². The molecule has 98 valence electrons. The van der Waals surface area contributed by atoms with Gasteiger partial charge >= 0.3 is 5.97 Å². The minimum atomic E-state index is -0.326. The number of ether oxygens (including phenoxy) is 2. The summed E-state index contributed by atoms with van der Waals surface area (Å²) >= 11 is 0. The Balaban J connectivity index is 2.47. The number of methoxy groups -OCH3 is 1. The Morgan fingerprint density at radius 1 is 1.11 bits per heavy atom. The number of benzene rings is 2. The van der Waals surface area contributed by atoms with E-state index in [0.29, 0.717) is 5.75 Å². The van der Waals surface area contributed by atoms with Crippen LogP contribution in [0.5, 0.6) is 11.5 Å². The van der Waals surface area contributed by atoms with E-state index in [-0.39, 0.29) is 5.97 Å². The molecule has 0 N–H and O–H groups in total. The van der Waals surface area contributed by atoms with Gasteiger partial charge in [-0.1, -0.05) is 30.3 Å². The van der Waals surface area contributed by atoms with Gasteiger partial charge in [0.25, 0.3) is 0 Å². The average Bonchev–Trinajstić information content (AvgIpc) is 2.38. The van der Waals surface area contributed by atoms with Gasteiger partial charge in [-0.25, -0.2) is 0 Å². The summed E-state index contributed by atoms with van der Waals surface area (Å²) in [5, 5.41) is 0. The van der Waals surface area contributed by atoms with Crippen molar-refractivity contribution in [2.75, 3.05) is 7.11 Å². The quantitative estimate of drug-likeness (QED) is 0.621. The number of aryl methyl sites for hydroxylation is 1. The molecule has 2 rings (SSSR count). The van der Waals surface area contributed by atoms with Crippen molar-refractivity contribution in [3.63, 3.8) is 0 Å². The Labute approximate surface area is 112 Å². The Hall–Kier alpha value is -2.29. The molecule has 0 aliphatic heterocycles. The lowest BCUT2D eigenvalue weighted by atomic mass is 10.0. The molecule has 0 spiro atoms. The fourth-order valence-electron chi connectivity index (χ4n) is 2.04. The number of esters is 1. The van der Waals surface area contributed by atoms with Gasteiger partial charge in [0.1, 0.15) is 11.5 Å². The van der Waals surface area contributed by atoms with Crippen LogP contribution < -0.4 is 9.47 Å². The number of carbonyl (C=O) groups excluding carboxylic acids is 1. The molecule has 0 aliphatic carbocycles. The van der Waals surface area contributed by atoms with Crippen molar-refractivity contribution >= 4 is 5.97 Å². The first-order chi connectivity index (χ1) is 9.11. The molecule has 0 aromatic heterocycles. The van der Waals surface area contributed by atoms with Gasteiger partial charge in [0, 0.05) is 12.5 Å². The van der Waals surface area contributed by atoms with Crippen LogP contribution in [0.4, 0.5) is 0 Å². The van der Waals surface area contributed by atoms with Crippen molar-refractivity contribution < 1.29 is 14.3 Å². The van der Waals surface area contributed by atoms with Crippen LogP contribution in [0.1, 0.15) is 12.5 Å². The predicted octanol–water partition coefficient (Wildman–Crippen LogP) is 3.60. The molecule has 0 saturated heterocycles. The third kappa shape index (κ3) is 2.94. The van der Waals surface area contributed by atoms with E-state index >= 15 is 0 Å². The molecule has 0 bridgehead atoms. The highest BCUT2D eigenvalue weighted by atomic mass is 16.5. The van der Waals surface area contributed by atoms with E-state index in [1.54, 1.807) is 13.2 Å². The van der Waals surface area contributed by atoms with E-state index in [1.165, 1.54) is 6.92 Å². The number of rotatable bonds is 3. The molecule has 0 radical (unpaired) electrons. The van der Waals surface area contributed by atoms with E-state index < -0.39 is 0 Å². The van der Waals surface area contributed by atoms with Gasteiger partial charge in [0.15, 0.2) is 0 Å². The summed E-state index contributed by atoms with van der Waals surface area (Å²) in [5.41, 5.74) is 3.01. The first-order valence-electron chi connectivity index (χ1n) is 6.04. The predicted molar refractivity (Wildman–Crippen MR) is 74.5 cm³/mol. The van der Waals surface area contributed by atoms with Gasteiger partial charge in [-0.05, 0) is 30.2 Å². The molecule has 0 unspecified atom stereocenters. The molecule has 0 saturated carbocycles. The Morgan fingerprint density at radius 2 is 1.84 bits per heavy atom. The molecule has 0 heterocycles. The fourth-order valence-corrected chi connectivity index (χ4v) is 2.04. The van der Waals surface area contributed by atoms with Crippen molar-refractivity contribution in [3.8, 4) is 22.6 Å². The Kier molecular flexibility index (Phi) is 3.85. The Bertz CT molecular complexity index is 603. The summed E-state index contributed by atoms with van der Waals surface area (Å²) in [6, 6.07) is 13.4. The number of para-hydroxylation sites is 1. The summed E-state index contributed by atoms with van der Waals surface area (Å²) in [6.07, 6.45) is 0. The molecule has 3 heteroatoms. The fraction of sp³-hybridized carbons (Fsp3) is 0.188. The third-order valence-corrected chi connectivity index (χ3v) is 2.82. The molecule has 19 heavy (non-hydrogen) atoms. The van der Waals surface area contributed by atoms with Crippen LogP contribution in [0.3, 0.4) is 0 Å². The summed E-state index contributed by atoms with van der Waals surface area (Å²) in [4.78, 5) is 11.0.